The topological polar surface area (TPSA) is 63.6 Å². The van der Waals surface area contributed by atoms with E-state index in [1.807, 2.05) is 50.3 Å². The van der Waals surface area contributed by atoms with E-state index in [-0.39, 0.29) is 5.92 Å². The zero-order valence-corrected chi connectivity index (χ0v) is 15.6. The average Bonchev–Trinajstić information content (AvgIpc) is 2.65. The Morgan fingerprint density at radius 1 is 1.22 bits per heavy atom. The maximum Gasteiger partial charge on any atom is 0.335 e. The number of allylic oxidation sites excluding steroid dienone is 7. The van der Waals surface area contributed by atoms with Gasteiger partial charge in [0.1, 0.15) is 5.75 Å². The van der Waals surface area contributed by atoms with E-state index in [0.717, 1.165) is 29.2 Å². The number of carboxylic acids is 1. The summed E-state index contributed by atoms with van der Waals surface area (Å²) in [4.78, 5) is 22.9. The summed E-state index contributed by atoms with van der Waals surface area (Å²) in [5, 5.41) is 8.78. The van der Waals surface area contributed by atoms with E-state index in [1.54, 1.807) is 12.1 Å². The van der Waals surface area contributed by atoms with Crippen LogP contribution >= 0.6 is 0 Å². The van der Waals surface area contributed by atoms with Crippen molar-refractivity contribution in [2.45, 2.75) is 26.7 Å². The highest BCUT2D eigenvalue weighted by Gasteiger charge is 2.09. The Bertz CT molecular complexity index is 834. The molecule has 0 saturated carbocycles. The Labute approximate surface area is 159 Å². The first-order chi connectivity index (χ1) is 12.9. The Morgan fingerprint density at radius 2 is 2.04 bits per heavy atom. The van der Waals surface area contributed by atoms with Crippen molar-refractivity contribution < 1.29 is 19.4 Å². The fourth-order valence-corrected chi connectivity index (χ4v) is 2.53. The second kappa shape index (κ2) is 10.1. The second-order valence-corrected chi connectivity index (χ2v) is 6.52. The summed E-state index contributed by atoms with van der Waals surface area (Å²) in [6.45, 7) is 3.99. The number of aliphatic carboxylic acids is 1. The van der Waals surface area contributed by atoms with Crippen LogP contribution in [0.3, 0.4) is 0 Å². The normalized spacial score (nSPS) is 16.0. The Kier molecular flexibility index (Phi) is 7.56. The van der Waals surface area contributed by atoms with Crippen molar-refractivity contribution in [3.63, 3.8) is 0 Å². The van der Waals surface area contributed by atoms with Gasteiger partial charge in [-0.3, -0.25) is 0 Å². The SMILES string of the molecule is CC(C)=CCc1cc(C=CC(=O)O)ccc1OC(=O)C=CC1C=CC=CC1. The first kappa shape index (κ1) is 20.2. The Hall–Kier alpha value is -3.14. The Morgan fingerprint density at radius 3 is 2.70 bits per heavy atom. The maximum absolute atomic E-state index is 12.2. The standard InChI is InChI=1S/C23H24O4/c1-17(2)8-12-20-16-19(10-14-22(24)25)9-13-21(20)27-23(26)15-11-18-6-4-3-5-7-18/h3-6,8-11,13-16,18H,7,12H2,1-2H3,(H,24,25). The molecule has 1 N–H and O–H groups in total. The summed E-state index contributed by atoms with van der Waals surface area (Å²) >= 11 is 0. The van der Waals surface area contributed by atoms with Crippen LogP contribution < -0.4 is 4.74 Å². The van der Waals surface area contributed by atoms with Crippen molar-refractivity contribution in [2.75, 3.05) is 0 Å². The maximum atomic E-state index is 12.2. The summed E-state index contributed by atoms with van der Waals surface area (Å²) in [5.74, 6) is -0.747. The van der Waals surface area contributed by atoms with Crippen LogP contribution in [0.4, 0.5) is 0 Å². The predicted molar refractivity (Wildman–Crippen MR) is 107 cm³/mol. The van der Waals surface area contributed by atoms with E-state index in [4.69, 9.17) is 9.84 Å². The van der Waals surface area contributed by atoms with E-state index in [0.29, 0.717) is 12.2 Å². The van der Waals surface area contributed by atoms with Crippen molar-refractivity contribution in [3.05, 3.63) is 83.5 Å². The number of rotatable bonds is 7. The molecule has 1 aliphatic carbocycles. The quantitative estimate of drug-likeness (QED) is 0.324. The molecule has 1 unspecified atom stereocenters. The average molecular weight is 364 g/mol. The number of carbonyl (C=O) groups excluding carboxylic acids is 1. The second-order valence-electron chi connectivity index (χ2n) is 6.52. The fourth-order valence-electron chi connectivity index (χ4n) is 2.53. The van der Waals surface area contributed by atoms with Crippen LogP contribution in [0.1, 0.15) is 31.4 Å². The highest BCUT2D eigenvalue weighted by atomic mass is 16.5. The van der Waals surface area contributed by atoms with Crippen LogP contribution in [0.15, 0.2) is 72.4 Å². The minimum atomic E-state index is -1.01. The third-order valence-corrected chi connectivity index (χ3v) is 3.94. The van der Waals surface area contributed by atoms with Gasteiger partial charge in [-0.05, 0) is 61.9 Å². The summed E-state index contributed by atoms with van der Waals surface area (Å²) < 4.78 is 5.51. The van der Waals surface area contributed by atoms with Gasteiger partial charge < -0.3 is 9.84 Å². The van der Waals surface area contributed by atoms with Crippen molar-refractivity contribution in [2.24, 2.45) is 5.92 Å². The van der Waals surface area contributed by atoms with Gasteiger partial charge in [0.2, 0.25) is 0 Å². The van der Waals surface area contributed by atoms with Gasteiger partial charge in [-0.15, -0.1) is 0 Å². The lowest BCUT2D eigenvalue weighted by Gasteiger charge is -2.10. The van der Waals surface area contributed by atoms with Crippen molar-refractivity contribution in [1.29, 1.82) is 0 Å². The number of hydrogen-bond acceptors (Lipinski definition) is 3. The summed E-state index contributed by atoms with van der Waals surface area (Å²) in [7, 11) is 0. The van der Waals surface area contributed by atoms with Crippen LogP contribution in [0.5, 0.6) is 5.75 Å². The molecule has 140 valence electrons. The van der Waals surface area contributed by atoms with Gasteiger partial charge in [-0.1, -0.05) is 48.1 Å². The van der Waals surface area contributed by atoms with E-state index in [9.17, 15) is 9.59 Å². The third-order valence-electron chi connectivity index (χ3n) is 3.94. The highest BCUT2D eigenvalue weighted by Crippen LogP contribution is 2.23. The number of hydrogen-bond donors (Lipinski definition) is 1. The van der Waals surface area contributed by atoms with Crippen molar-refractivity contribution in [3.8, 4) is 5.75 Å². The Balaban J connectivity index is 2.15. The minimum Gasteiger partial charge on any atom is -0.478 e. The van der Waals surface area contributed by atoms with Crippen LogP contribution in [-0.2, 0) is 16.0 Å². The molecule has 27 heavy (non-hydrogen) atoms. The smallest absolute Gasteiger partial charge is 0.335 e. The molecule has 4 nitrogen and oxygen atoms in total. The van der Waals surface area contributed by atoms with Gasteiger partial charge in [0.05, 0.1) is 0 Å². The van der Waals surface area contributed by atoms with Gasteiger partial charge >= 0.3 is 11.9 Å². The number of carbonyl (C=O) groups is 2. The molecule has 0 fully saturated rings. The molecule has 1 atom stereocenters. The fraction of sp³-hybridized carbons (Fsp3) is 0.217. The molecule has 1 aromatic rings. The van der Waals surface area contributed by atoms with Crippen LogP contribution in [0, 0.1) is 5.92 Å². The predicted octanol–water partition coefficient (Wildman–Crippen LogP) is 4.89. The molecule has 2 rings (SSSR count). The van der Waals surface area contributed by atoms with Gasteiger partial charge in [-0.25, -0.2) is 9.59 Å². The largest absolute Gasteiger partial charge is 0.478 e. The lowest BCUT2D eigenvalue weighted by Crippen LogP contribution is -2.07. The van der Waals surface area contributed by atoms with Crippen molar-refractivity contribution in [1.82, 2.24) is 0 Å². The number of benzene rings is 1. The first-order valence-corrected chi connectivity index (χ1v) is 8.84. The molecule has 1 aliphatic rings. The van der Waals surface area contributed by atoms with Crippen LogP contribution in [-0.4, -0.2) is 17.0 Å². The lowest BCUT2D eigenvalue weighted by molar-refractivity contribution is -0.131. The minimum absolute atomic E-state index is 0.205. The molecular formula is C23H24O4. The van der Waals surface area contributed by atoms with Gasteiger partial charge in [0.25, 0.3) is 0 Å². The number of carboxylic acid groups (broad SMARTS) is 1. The zero-order valence-electron chi connectivity index (χ0n) is 15.6. The first-order valence-electron chi connectivity index (χ1n) is 8.84. The highest BCUT2D eigenvalue weighted by molar-refractivity contribution is 5.86. The molecule has 0 amide bonds. The molecule has 4 heteroatoms. The lowest BCUT2D eigenvalue weighted by atomic mass is 10.0. The summed E-state index contributed by atoms with van der Waals surface area (Å²) in [6.07, 6.45) is 17.4. The molecule has 0 radical (unpaired) electrons. The van der Waals surface area contributed by atoms with E-state index < -0.39 is 11.9 Å². The zero-order chi connectivity index (χ0) is 19.6. The number of esters is 1. The molecular weight excluding hydrogens is 340 g/mol. The van der Waals surface area contributed by atoms with Crippen LogP contribution in [0.2, 0.25) is 0 Å². The van der Waals surface area contributed by atoms with Gasteiger partial charge in [-0.2, -0.15) is 0 Å². The molecule has 0 heterocycles. The summed E-state index contributed by atoms with van der Waals surface area (Å²) in [5.41, 5.74) is 2.71. The molecule has 0 saturated heterocycles. The van der Waals surface area contributed by atoms with Gasteiger partial charge in [0, 0.05) is 12.2 Å². The van der Waals surface area contributed by atoms with E-state index in [2.05, 4.69) is 6.08 Å². The van der Waals surface area contributed by atoms with E-state index >= 15 is 0 Å². The van der Waals surface area contributed by atoms with Crippen molar-refractivity contribution >= 4 is 18.0 Å². The van der Waals surface area contributed by atoms with Crippen LogP contribution in [0.25, 0.3) is 6.08 Å². The molecule has 0 spiro atoms. The monoisotopic (exact) mass is 364 g/mol. The molecule has 0 aliphatic heterocycles. The van der Waals surface area contributed by atoms with Gasteiger partial charge in [0.15, 0.2) is 0 Å². The molecule has 1 aromatic carbocycles. The third kappa shape index (κ3) is 7.32. The van der Waals surface area contributed by atoms with E-state index in [1.165, 1.54) is 12.2 Å². The molecule has 0 bridgehead atoms. The molecule has 0 aromatic heterocycles. The summed E-state index contributed by atoms with van der Waals surface area (Å²) in [6, 6.07) is 5.26. The number of ether oxygens (including phenoxy) is 1.